The summed E-state index contributed by atoms with van der Waals surface area (Å²) in [4.78, 5) is 13.0. The molecule has 0 fully saturated rings. The van der Waals surface area contributed by atoms with Gasteiger partial charge in [-0.1, -0.05) is 12.1 Å². The van der Waals surface area contributed by atoms with Crippen molar-refractivity contribution in [1.29, 1.82) is 5.26 Å². The van der Waals surface area contributed by atoms with Gasteiger partial charge in [-0.2, -0.15) is 10.4 Å². The Morgan fingerprint density at radius 2 is 1.92 bits per heavy atom. The van der Waals surface area contributed by atoms with Gasteiger partial charge in [0.15, 0.2) is 11.6 Å². The van der Waals surface area contributed by atoms with Crippen molar-refractivity contribution in [3.63, 3.8) is 0 Å². The Morgan fingerprint density at radius 1 is 1.05 bits per heavy atom. The number of nitrogens with one attached hydrogen (secondary N) is 2. The number of nitriles is 1. The van der Waals surface area contributed by atoms with Crippen molar-refractivity contribution in [3.05, 3.63) is 66.6 Å². The van der Waals surface area contributed by atoms with Gasteiger partial charge in [-0.3, -0.25) is 4.68 Å². The summed E-state index contributed by atoms with van der Waals surface area (Å²) in [6.45, 7) is -0.392. The fourth-order valence-corrected chi connectivity index (χ4v) is 3.56. The van der Waals surface area contributed by atoms with E-state index in [0.29, 0.717) is 45.7 Å². The molecule has 0 aliphatic carbocycles. The molecule has 3 N–H and O–H groups in total. The highest BCUT2D eigenvalue weighted by Crippen LogP contribution is 2.39. The van der Waals surface area contributed by atoms with E-state index in [-0.39, 0.29) is 17.5 Å². The molecule has 0 radical (unpaired) electrons. The maximum atomic E-state index is 9.36. The summed E-state index contributed by atoms with van der Waals surface area (Å²) in [5.41, 5.74) is 2.62. The number of nitrogens with zero attached hydrogens (tertiary/aromatic N) is 8. The number of aliphatic hydroxyl groups excluding tert-OH is 1. The molecule has 5 rings (SSSR count). The fraction of sp³-hybridized carbons (Fsp3) is 0.125. The molecule has 1 aromatic carbocycles. The second kappa shape index (κ2) is 10.1. The van der Waals surface area contributed by atoms with Crippen LogP contribution in [0.2, 0.25) is 0 Å². The Hall–Kier alpha value is -5.35. The second-order valence-corrected chi connectivity index (χ2v) is 7.67. The van der Waals surface area contributed by atoms with Gasteiger partial charge in [0.25, 0.3) is 5.89 Å². The van der Waals surface area contributed by atoms with Crippen LogP contribution in [0.25, 0.3) is 22.8 Å². The molecular weight excluding hydrogens is 476 g/mol. The number of benzene rings is 1. The van der Waals surface area contributed by atoms with Crippen molar-refractivity contribution in [2.45, 2.75) is 6.61 Å². The Kier molecular flexibility index (Phi) is 6.39. The molecule has 5 aromatic rings. The summed E-state index contributed by atoms with van der Waals surface area (Å²) in [7, 11) is 3.35. The van der Waals surface area contributed by atoms with Gasteiger partial charge >= 0.3 is 0 Å². The van der Waals surface area contributed by atoms with Crippen LogP contribution in [0, 0.1) is 11.3 Å². The predicted molar refractivity (Wildman–Crippen MR) is 132 cm³/mol. The zero-order valence-electron chi connectivity index (χ0n) is 19.7. The van der Waals surface area contributed by atoms with Crippen molar-refractivity contribution in [2.75, 3.05) is 17.7 Å². The van der Waals surface area contributed by atoms with Crippen LogP contribution in [-0.2, 0) is 13.7 Å². The molecule has 0 bridgehead atoms. The molecule has 0 aliphatic heterocycles. The molecule has 0 atom stereocenters. The van der Waals surface area contributed by atoms with Gasteiger partial charge < -0.3 is 24.9 Å². The zero-order chi connectivity index (χ0) is 25.8. The third-order valence-electron chi connectivity index (χ3n) is 5.19. The molecule has 0 unspecified atom stereocenters. The maximum absolute atomic E-state index is 9.36. The molecule has 0 saturated carbocycles. The number of aryl methyl sites for hydroxylation is 1. The monoisotopic (exact) mass is 496 g/mol. The van der Waals surface area contributed by atoms with Crippen LogP contribution in [0.4, 0.5) is 23.0 Å². The third-order valence-corrected chi connectivity index (χ3v) is 5.19. The lowest BCUT2D eigenvalue weighted by Gasteiger charge is -2.16. The summed E-state index contributed by atoms with van der Waals surface area (Å²) >= 11 is 0. The molecule has 13 heteroatoms. The van der Waals surface area contributed by atoms with Crippen molar-refractivity contribution in [1.82, 2.24) is 34.9 Å². The van der Waals surface area contributed by atoms with E-state index in [1.165, 1.54) is 0 Å². The van der Waals surface area contributed by atoms with Crippen LogP contribution in [0.1, 0.15) is 11.6 Å². The zero-order valence-corrected chi connectivity index (χ0v) is 19.7. The second-order valence-electron chi connectivity index (χ2n) is 7.67. The van der Waals surface area contributed by atoms with Crippen LogP contribution in [0.5, 0.6) is 5.75 Å². The number of aromatic nitrogens is 7. The van der Waals surface area contributed by atoms with Crippen molar-refractivity contribution >= 4 is 23.0 Å². The number of aliphatic hydroxyl groups is 1. The molecule has 0 amide bonds. The molecule has 4 heterocycles. The highest BCUT2D eigenvalue weighted by Gasteiger charge is 2.19. The first-order valence-electron chi connectivity index (χ1n) is 11.0. The molecule has 184 valence electrons. The largest absolute Gasteiger partial charge is 0.494 e. The first kappa shape index (κ1) is 23.4. The highest BCUT2D eigenvalue weighted by atomic mass is 16.5. The lowest BCUT2D eigenvalue weighted by molar-refractivity contribution is 0.241. The molecule has 13 nitrogen and oxygen atoms in total. The molecule has 0 spiro atoms. The minimum atomic E-state index is -0.392. The van der Waals surface area contributed by atoms with Crippen molar-refractivity contribution < 1.29 is 14.3 Å². The standard InChI is InChI=1S/C24H20N10O3/c1-34-13-27-23(33-34)15-6-4-7-17(22(15)36-2)29-18-9-20(30-19-8-3-5-14(10-25)28-19)26-11-16(18)24-32-31-21(12-35)37-24/h3-9,11,13,35H,12H2,1-2H3,(H2,26,28,29,30). The maximum Gasteiger partial charge on any atom is 0.251 e. The molecule has 37 heavy (non-hydrogen) atoms. The average molecular weight is 496 g/mol. The van der Waals surface area contributed by atoms with E-state index in [9.17, 15) is 5.11 Å². The number of methoxy groups -OCH3 is 1. The van der Waals surface area contributed by atoms with Gasteiger partial charge in [0.1, 0.15) is 36.3 Å². The Bertz CT molecular complexity index is 1600. The third kappa shape index (κ3) is 4.90. The quantitative estimate of drug-likeness (QED) is 0.287. The first-order chi connectivity index (χ1) is 18.1. The van der Waals surface area contributed by atoms with Gasteiger partial charge in [0, 0.05) is 19.3 Å². The first-order valence-corrected chi connectivity index (χ1v) is 11.0. The van der Waals surface area contributed by atoms with Crippen LogP contribution in [0.3, 0.4) is 0 Å². The number of ether oxygens (including phenoxy) is 1. The lowest BCUT2D eigenvalue weighted by atomic mass is 10.1. The summed E-state index contributed by atoms with van der Waals surface area (Å²) in [6, 6.07) is 14.3. The van der Waals surface area contributed by atoms with E-state index >= 15 is 0 Å². The van der Waals surface area contributed by atoms with Gasteiger partial charge in [0.05, 0.1) is 29.6 Å². The van der Waals surface area contributed by atoms with E-state index in [1.54, 1.807) is 55.6 Å². The number of para-hydroxylation sites is 1. The predicted octanol–water partition coefficient (Wildman–Crippen LogP) is 3.18. The van der Waals surface area contributed by atoms with Gasteiger partial charge in [-0.15, -0.1) is 10.2 Å². The Balaban J connectivity index is 1.57. The molecular formula is C24H20N10O3. The number of rotatable bonds is 8. The van der Waals surface area contributed by atoms with Crippen LogP contribution >= 0.6 is 0 Å². The minimum Gasteiger partial charge on any atom is -0.494 e. The van der Waals surface area contributed by atoms with Gasteiger partial charge in [-0.25, -0.2) is 15.0 Å². The number of hydrogen-bond acceptors (Lipinski definition) is 12. The van der Waals surface area contributed by atoms with Gasteiger partial charge in [-0.05, 0) is 24.3 Å². The smallest absolute Gasteiger partial charge is 0.251 e. The number of pyridine rings is 2. The normalized spacial score (nSPS) is 10.6. The van der Waals surface area contributed by atoms with Crippen molar-refractivity contribution in [3.8, 4) is 34.7 Å². The van der Waals surface area contributed by atoms with Crippen LogP contribution in [-0.4, -0.2) is 47.1 Å². The highest BCUT2D eigenvalue weighted by molar-refractivity contribution is 5.84. The van der Waals surface area contributed by atoms with Crippen LogP contribution in [0.15, 0.2) is 59.4 Å². The van der Waals surface area contributed by atoms with E-state index in [1.807, 2.05) is 24.3 Å². The Labute approximate surface area is 210 Å². The fourth-order valence-electron chi connectivity index (χ4n) is 3.56. The number of anilines is 4. The summed E-state index contributed by atoms with van der Waals surface area (Å²) < 4.78 is 12.9. The minimum absolute atomic E-state index is 0.0708. The SMILES string of the molecule is COc1c(Nc2cc(Nc3cccc(C#N)n3)ncc2-c2nnc(CO)o2)cccc1-c1ncn(C)n1. The molecule has 0 saturated heterocycles. The van der Waals surface area contributed by atoms with Gasteiger partial charge in [0.2, 0.25) is 5.89 Å². The summed E-state index contributed by atoms with van der Waals surface area (Å²) in [5, 5.41) is 37.2. The van der Waals surface area contributed by atoms with Crippen molar-refractivity contribution in [2.24, 2.45) is 7.05 Å². The van der Waals surface area contributed by atoms with Crippen LogP contribution < -0.4 is 15.4 Å². The molecule has 4 aromatic heterocycles. The summed E-state index contributed by atoms with van der Waals surface area (Å²) in [6.07, 6.45) is 3.15. The topological polar surface area (TPSA) is 173 Å². The van der Waals surface area contributed by atoms with E-state index in [4.69, 9.17) is 14.4 Å². The van der Waals surface area contributed by atoms with E-state index in [0.717, 1.165) is 0 Å². The summed E-state index contributed by atoms with van der Waals surface area (Å²) in [5.74, 6) is 2.16. The number of hydrogen-bond donors (Lipinski definition) is 3. The molecule has 0 aliphatic rings. The average Bonchev–Trinajstić information content (AvgIpc) is 3.58. The van der Waals surface area contributed by atoms with E-state index in [2.05, 4.69) is 40.9 Å². The lowest BCUT2D eigenvalue weighted by Crippen LogP contribution is -2.02. The Morgan fingerprint density at radius 3 is 2.65 bits per heavy atom. The van der Waals surface area contributed by atoms with E-state index < -0.39 is 6.61 Å².